The molecule has 1 unspecified atom stereocenters. The highest BCUT2D eigenvalue weighted by atomic mass is 16.5. The molecule has 5 heteroatoms. The van der Waals surface area contributed by atoms with Gasteiger partial charge in [-0.2, -0.15) is 0 Å². The third kappa shape index (κ3) is 4.16. The second-order valence-electron chi connectivity index (χ2n) is 7.38. The zero-order valence-electron chi connectivity index (χ0n) is 15.8. The van der Waals surface area contributed by atoms with Crippen LogP contribution in [0.4, 0.5) is 0 Å². The number of nitrogens with zero attached hydrogens (tertiary/aromatic N) is 1. The second-order valence-corrected chi connectivity index (χ2v) is 7.38. The van der Waals surface area contributed by atoms with E-state index in [1.807, 2.05) is 12.1 Å². The molecule has 1 aliphatic rings. The van der Waals surface area contributed by atoms with Crippen LogP contribution in [-0.2, 0) is 17.8 Å². The fourth-order valence-corrected chi connectivity index (χ4v) is 4.07. The van der Waals surface area contributed by atoms with E-state index in [2.05, 4.69) is 52.5 Å². The van der Waals surface area contributed by atoms with Crippen LogP contribution in [0.1, 0.15) is 29.5 Å². The fraction of sp³-hybridized carbons (Fsp3) is 0.261. The molecule has 28 heavy (non-hydrogen) atoms. The Kier molecular flexibility index (Phi) is 5.55. The monoisotopic (exact) mass is 375 g/mol. The summed E-state index contributed by atoms with van der Waals surface area (Å²) in [7, 11) is 0. The molecule has 1 atom stereocenters. The summed E-state index contributed by atoms with van der Waals surface area (Å²) in [4.78, 5) is 17.0. The van der Waals surface area contributed by atoms with Crippen LogP contribution in [0, 0.1) is 0 Å². The van der Waals surface area contributed by atoms with Crippen LogP contribution < -0.4 is 5.48 Å². The van der Waals surface area contributed by atoms with Gasteiger partial charge in [-0.15, -0.1) is 0 Å². The number of hydrogen-bond acceptors (Lipinski definition) is 3. The number of H-pyrrole nitrogens is 1. The lowest BCUT2D eigenvalue weighted by atomic mass is 10.0. The Hall–Kier alpha value is -2.89. The molecular formula is C23H25N3O2. The Morgan fingerprint density at radius 1 is 1.21 bits per heavy atom. The Labute approximate surface area is 164 Å². The van der Waals surface area contributed by atoms with Crippen molar-refractivity contribution in [2.24, 2.45) is 0 Å². The molecule has 0 spiro atoms. The molecule has 0 bridgehead atoms. The summed E-state index contributed by atoms with van der Waals surface area (Å²) in [6.45, 7) is 2.07. The molecule has 1 fully saturated rings. The molecule has 1 amide bonds. The minimum absolute atomic E-state index is 0.527. The molecule has 4 rings (SSSR count). The van der Waals surface area contributed by atoms with Crippen molar-refractivity contribution in [1.29, 1.82) is 0 Å². The molecule has 0 radical (unpaired) electrons. The Morgan fingerprint density at radius 3 is 2.86 bits per heavy atom. The topological polar surface area (TPSA) is 68.4 Å². The second kappa shape index (κ2) is 8.42. The number of fused-ring (bicyclic) bond motifs is 1. The van der Waals surface area contributed by atoms with Gasteiger partial charge in [0.25, 0.3) is 5.91 Å². The average molecular weight is 375 g/mol. The zero-order valence-corrected chi connectivity index (χ0v) is 15.8. The summed E-state index contributed by atoms with van der Waals surface area (Å²) in [6, 6.07) is 17.3. The van der Waals surface area contributed by atoms with Gasteiger partial charge in [-0.3, -0.25) is 14.9 Å². The first-order valence-corrected chi connectivity index (χ1v) is 9.73. The molecule has 3 aromatic rings. The third-order valence-corrected chi connectivity index (χ3v) is 5.53. The van der Waals surface area contributed by atoms with E-state index < -0.39 is 5.91 Å². The van der Waals surface area contributed by atoms with Gasteiger partial charge in [-0.25, -0.2) is 5.48 Å². The van der Waals surface area contributed by atoms with Crippen molar-refractivity contribution in [1.82, 2.24) is 15.4 Å². The van der Waals surface area contributed by atoms with E-state index in [0.717, 1.165) is 25.1 Å². The van der Waals surface area contributed by atoms with E-state index >= 15 is 0 Å². The first-order chi connectivity index (χ1) is 13.7. The number of rotatable bonds is 6. The summed E-state index contributed by atoms with van der Waals surface area (Å²) in [6.07, 6.45) is 8.70. The first kappa shape index (κ1) is 18.5. The maximum absolute atomic E-state index is 11.1. The summed E-state index contributed by atoms with van der Waals surface area (Å²) in [5.74, 6) is -0.527. The van der Waals surface area contributed by atoms with Crippen LogP contribution in [0.15, 0.2) is 60.8 Å². The van der Waals surface area contributed by atoms with Gasteiger partial charge in [-0.05, 0) is 54.6 Å². The Bertz CT molecular complexity index is 975. The number of likely N-dealkylation sites (tertiary alicyclic amines) is 1. The van der Waals surface area contributed by atoms with E-state index in [0.29, 0.717) is 6.04 Å². The van der Waals surface area contributed by atoms with Gasteiger partial charge < -0.3 is 4.98 Å². The van der Waals surface area contributed by atoms with Gasteiger partial charge in [0.15, 0.2) is 0 Å². The van der Waals surface area contributed by atoms with Crippen molar-refractivity contribution in [3.63, 3.8) is 0 Å². The summed E-state index contributed by atoms with van der Waals surface area (Å²) < 4.78 is 0. The lowest BCUT2D eigenvalue weighted by molar-refractivity contribution is -0.124. The van der Waals surface area contributed by atoms with Crippen LogP contribution >= 0.6 is 0 Å². The largest absolute Gasteiger partial charge is 0.361 e. The fourth-order valence-electron chi connectivity index (χ4n) is 4.07. The van der Waals surface area contributed by atoms with Crippen LogP contribution in [-0.4, -0.2) is 33.6 Å². The predicted octanol–water partition coefficient (Wildman–Crippen LogP) is 3.89. The molecule has 2 aromatic carbocycles. The number of para-hydroxylation sites is 1. The summed E-state index contributed by atoms with van der Waals surface area (Å²) in [5.41, 5.74) is 6.41. The average Bonchev–Trinajstić information content (AvgIpc) is 3.35. The van der Waals surface area contributed by atoms with Crippen molar-refractivity contribution < 1.29 is 10.0 Å². The van der Waals surface area contributed by atoms with Crippen LogP contribution in [0.2, 0.25) is 0 Å². The highest BCUT2D eigenvalue weighted by Crippen LogP contribution is 2.27. The maximum atomic E-state index is 11.1. The van der Waals surface area contributed by atoms with E-state index in [9.17, 15) is 4.79 Å². The third-order valence-electron chi connectivity index (χ3n) is 5.53. The molecule has 1 saturated heterocycles. The van der Waals surface area contributed by atoms with E-state index in [1.54, 1.807) is 11.6 Å². The van der Waals surface area contributed by atoms with Crippen molar-refractivity contribution in [2.45, 2.75) is 31.8 Å². The van der Waals surface area contributed by atoms with Crippen molar-refractivity contribution in [3.8, 4) is 0 Å². The first-order valence-electron chi connectivity index (χ1n) is 9.73. The lowest BCUT2D eigenvalue weighted by Gasteiger charge is -2.24. The Balaban J connectivity index is 1.41. The van der Waals surface area contributed by atoms with E-state index in [1.165, 1.54) is 40.9 Å². The van der Waals surface area contributed by atoms with Gasteiger partial charge in [-0.1, -0.05) is 42.5 Å². The standard InChI is InChI=1S/C23H25N3O2/c27-23(25-28)12-11-17-7-9-18(10-8-17)16-26-13-3-4-20(26)14-19-15-24-22-6-2-1-5-21(19)22/h1-2,5-12,15,20,24,28H,3-4,13-14,16H2,(H,25,27). The molecule has 1 aromatic heterocycles. The lowest BCUT2D eigenvalue weighted by Crippen LogP contribution is -2.30. The molecule has 2 heterocycles. The van der Waals surface area contributed by atoms with Crippen LogP contribution in [0.3, 0.4) is 0 Å². The summed E-state index contributed by atoms with van der Waals surface area (Å²) in [5, 5.41) is 9.86. The van der Waals surface area contributed by atoms with Crippen molar-refractivity contribution in [3.05, 3.63) is 77.5 Å². The number of aromatic amines is 1. The highest BCUT2D eigenvalue weighted by Gasteiger charge is 2.25. The van der Waals surface area contributed by atoms with Crippen LogP contribution in [0.25, 0.3) is 17.0 Å². The maximum Gasteiger partial charge on any atom is 0.267 e. The number of carbonyl (C=O) groups is 1. The number of benzene rings is 2. The minimum atomic E-state index is -0.527. The zero-order chi connectivity index (χ0) is 19.3. The highest BCUT2D eigenvalue weighted by molar-refractivity contribution is 5.90. The minimum Gasteiger partial charge on any atom is -0.361 e. The molecule has 0 saturated carbocycles. The van der Waals surface area contributed by atoms with Crippen molar-refractivity contribution >= 4 is 22.9 Å². The molecule has 0 aliphatic carbocycles. The predicted molar refractivity (Wildman–Crippen MR) is 111 cm³/mol. The van der Waals surface area contributed by atoms with Gasteiger partial charge in [0.1, 0.15) is 0 Å². The molecule has 1 aliphatic heterocycles. The van der Waals surface area contributed by atoms with Gasteiger partial charge >= 0.3 is 0 Å². The quantitative estimate of drug-likeness (QED) is 0.348. The smallest absolute Gasteiger partial charge is 0.267 e. The molecule has 5 nitrogen and oxygen atoms in total. The SMILES string of the molecule is O=C(C=Cc1ccc(CN2CCCC2Cc2c[nH]c3ccccc23)cc1)NO. The van der Waals surface area contributed by atoms with E-state index in [4.69, 9.17) is 5.21 Å². The van der Waals surface area contributed by atoms with Gasteiger partial charge in [0.05, 0.1) is 0 Å². The number of aromatic nitrogens is 1. The number of amides is 1. The van der Waals surface area contributed by atoms with Gasteiger partial charge in [0.2, 0.25) is 0 Å². The number of nitrogens with one attached hydrogen (secondary N) is 2. The Morgan fingerprint density at radius 2 is 2.04 bits per heavy atom. The normalized spacial score (nSPS) is 17.5. The molecule has 144 valence electrons. The number of carbonyl (C=O) groups excluding carboxylic acids is 1. The van der Waals surface area contributed by atoms with Gasteiger partial charge in [0, 0.05) is 35.8 Å². The van der Waals surface area contributed by atoms with Crippen LogP contribution in [0.5, 0.6) is 0 Å². The number of hydroxylamine groups is 1. The number of hydrogen-bond donors (Lipinski definition) is 3. The summed E-state index contributed by atoms with van der Waals surface area (Å²) >= 11 is 0. The molecule has 3 N–H and O–H groups in total. The molecular weight excluding hydrogens is 350 g/mol. The van der Waals surface area contributed by atoms with Crippen molar-refractivity contribution in [2.75, 3.05) is 6.54 Å². The van der Waals surface area contributed by atoms with E-state index in [-0.39, 0.29) is 0 Å².